The summed E-state index contributed by atoms with van der Waals surface area (Å²) in [5.74, 6) is 0.338. The van der Waals surface area contributed by atoms with Gasteiger partial charge in [-0.3, -0.25) is 9.79 Å². The largest absolute Gasteiger partial charge is 0.371 e. The van der Waals surface area contributed by atoms with Crippen molar-refractivity contribution < 1.29 is 9.53 Å². The standard InChI is InChI=1S/C20H28N2O2S/c1-14(2)20(3)18(23)22-19(25-20)21-16-11-7-8-12-17(16)24-13-15-9-5-4-6-10-15/h4-6,9-10,14,16-17H,7-8,11-13H2,1-3H3,(H,21,22,23)/t16-,17-,20?/m0/s1. The molecule has 1 saturated heterocycles. The molecule has 1 saturated carbocycles. The molecule has 25 heavy (non-hydrogen) atoms. The molecule has 3 atom stereocenters. The summed E-state index contributed by atoms with van der Waals surface area (Å²) in [7, 11) is 0. The number of aliphatic imine (C=N–C) groups is 1. The van der Waals surface area contributed by atoms with E-state index in [0.29, 0.717) is 6.61 Å². The SMILES string of the molecule is CC(C)C1(C)SC(=N[C@H]2CCCC[C@@H]2OCc2ccccc2)NC1=O. The maximum absolute atomic E-state index is 12.3. The Balaban J connectivity index is 1.66. The normalized spacial score (nSPS) is 31.5. The van der Waals surface area contributed by atoms with Gasteiger partial charge in [-0.2, -0.15) is 0 Å². The number of hydrogen-bond donors (Lipinski definition) is 1. The second kappa shape index (κ2) is 7.92. The number of amides is 1. The Hall–Kier alpha value is -1.33. The van der Waals surface area contributed by atoms with Crippen molar-refractivity contribution in [1.82, 2.24) is 5.32 Å². The summed E-state index contributed by atoms with van der Waals surface area (Å²) >= 11 is 1.57. The highest BCUT2D eigenvalue weighted by atomic mass is 32.2. The molecule has 0 radical (unpaired) electrons. The van der Waals surface area contributed by atoms with E-state index in [1.165, 1.54) is 18.4 Å². The molecule has 1 unspecified atom stereocenters. The first kappa shape index (κ1) is 18.5. The number of carbonyl (C=O) groups is 1. The number of amidine groups is 1. The monoisotopic (exact) mass is 360 g/mol. The van der Waals surface area contributed by atoms with Crippen LogP contribution in [-0.2, 0) is 16.1 Å². The minimum atomic E-state index is -0.423. The molecule has 4 nitrogen and oxygen atoms in total. The average molecular weight is 361 g/mol. The number of hydrogen-bond acceptors (Lipinski definition) is 4. The van der Waals surface area contributed by atoms with Crippen LogP contribution in [0.5, 0.6) is 0 Å². The van der Waals surface area contributed by atoms with Gasteiger partial charge in [0.15, 0.2) is 5.17 Å². The van der Waals surface area contributed by atoms with E-state index in [0.717, 1.165) is 18.0 Å². The van der Waals surface area contributed by atoms with Gasteiger partial charge in [0, 0.05) is 0 Å². The van der Waals surface area contributed by atoms with Crippen LogP contribution in [0.25, 0.3) is 0 Å². The lowest BCUT2D eigenvalue weighted by Gasteiger charge is -2.29. The molecule has 1 aromatic rings. The predicted molar refractivity (Wildman–Crippen MR) is 104 cm³/mol. The number of rotatable bonds is 5. The molecule has 1 N–H and O–H groups in total. The zero-order chi connectivity index (χ0) is 17.9. The highest BCUT2D eigenvalue weighted by Crippen LogP contribution is 2.38. The van der Waals surface area contributed by atoms with Crippen molar-refractivity contribution >= 4 is 22.8 Å². The van der Waals surface area contributed by atoms with E-state index in [4.69, 9.17) is 9.73 Å². The van der Waals surface area contributed by atoms with Crippen molar-refractivity contribution in [3.63, 3.8) is 0 Å². The Morgan fingerprint density at radius 1 is 1.28 bits per heavy atom. The lowest BCUT2D eigenvalue weighted by molar-refractivity contribution is -0.122. The van der Waals surface area contributed by atoms with E-state index in [-0.39, 0.29) is 24.0 Å². The molecule has 0 aromatic heterocycles. The van der Waals surface area contributed by atoms with Crippen LogP contribution in [0.15, 0.2) is 35.3 Å². The van der Waals surface area contributed by atoms with Crippen molar-refractivity contribution in [1.29, 1.82) is 0 Å². The number of benzene rings is 1. The molecule has 5 heteroatoms. The number of carbonyl (C=O) groups excluding carboxylic acids is 1. The third kappa shape index (κ3) is 4.26. The van der Waals surface area contributed by atoms with Crippen molar-refractivity contribution in [3.05, 3.63) is 35.9 Å². The minimum Gasteiger partial charge on any atom is -0.371 e. The number of nitrogens with one attached hydrogen (secondary N) is 1. The quantitative estimate of drug-likeness (QED) is 0.858. The third-order valence-electron chi connectivity index (χ3n) is 5.34. The summed E-state index contributed by atoms with van der Waals surface area (Å²) in [5, 5.41) is 3.75. The lowest BCUT2D eigenvalue weighted by atomic mass is 9.93. The molecule has 0 spiro atoms. The Labute approximate surface area is 154 Å². The Kier molecular flexibility index (Phi) is 5.85. The molecule has 1 aromatic carbocycles. The van der Waals surface area contributed by atoms with E-state index in [1.54, 1.807) is 11.8 Å². The molecule has 3 rings (SSSR count). The number of thioether (sulfide) groups is 1. The second-order valence-corrected chi connectivity index (χ2v) is 8.88. The molecule has 136 valence electrons. The molecular weight excluding hydrogens is 332 g/mol. The van der Waals surface area contributed by atoms with Crippen LogP contribution >= 0.6 is 11.8 Å². The van der Waals surface area contributed by atoms with Crippen LogP contribution in [0.4, 0.5) is 0 Å². The molecule has 1 aliphatic heterocycles. The van der Waals surface area contributed by atoms with Crippen LogP contribution in [0, 0.1) is 5.92 Å². The second-order valence-electron chi connectivity index (χ2n) is 7.44. The van der Waals surface area contributed by atoms with Crippen LogP contribution in [0.3, 0.4) is 0 Å². The fourth-order valence-electron chi connectivity index (χ4n) is 3.28. The van der Waals surface area contributed by atoms with Gasteiger partial charge < -0.3 is 10.1 Å². The van der Waals surface area contributed by atoms with Gasteiger partial charge in [-0.05, 0) is 31.2 Å². The molecule has 1 amide bonds. The molecular formula is C20H28N2O2S. The van der Waals surface area contributed by atoms with E-state index in [9.17, 15) is 4.79 Å². The van der Waals surface area contributed by atoms with Gasteiger partial charge in [0.1, 0.15) is 4.75 Å². The lowest BCUT2D eigenvalue weighted by Crippen LogP contribution is -2.38. The van der Waals surface area contributed by atoms with E-state index < -0.39 is 4.75 Å². The minimum absolute atomic E-state index is 0.0730. The first-order chi connectivity index (χ1) is 12.0. The molecule has 2 aliphatic rings. The molecule has 1 heterocycles. The van der Waals surface area contributed by atoms with Crippen LogP contribution in [0.1, 0.15) is 52.0 Å². The van der Waals surface area contributed by atoms with Gasteiger partial charge in [0.05, 0.1) is 18.8 Å². The summed E-state index contributed by atoms with van der Waals surface area (Å²) in [6, 6.07) is 10.4. The smallest absolute Gasteiger partial charge is 0.242 e. The van der Waals surface area contributed by atoms with Gasteiger partial charge >= 0.3 is 0 Å². The van der Waals surface area contributed by atoms with Gasteiger partial charge in [-0.1, -0.05) is 68.8 Å². The topological polar surface area (TPSA) is 50.7 Å². The third-order valence-corrected chi connectivity index (χ3v) is 6.82. The Morgan fingerprint density at radius 3 is 2.68 bits per heavy atom. The fraction of sp³-hybridized carbons (Fsp3) is 0.600. The number of ether oxygens (including phenoxy) is 1. The maximum Gasteiger partial charge on any atom is 0.242 e. The van der Waals surface area contributed by atoms with E-state index >= 15 is 0 Å². The summed E-state index contributed by atoms with van der Waals surface area (Å²) in [5.41, 5.74) is 1.19. The van der Waals surface area contributed by atoms with Crippen molar-refractivity contribution in [2.75, 3.05) is 0 Å². The highest BCUT2D eigenvalue weighted by molar-refractivity contribution is 8.16. The first-order valence-electron chi connectivity index (χ1n) is 9.23. The van der Waals surface area contributed by atoms with Gasteiger partial charge in [0.2, 0.25) is 5.91 Å². The zero-order valence-corrected chi connectivity index (χ0v) is 16.1. The summed E-state index contributed by atoms with van der Waals surface area (Å²) in [6.07, 6.45) is 4.55. The van der Waals surface area contributed by atoms with Gasteiger partial charge in [-0.25, -0.2) is 0 Å². The summed E-state index contributed by atoms with van der Waals surface area (Å²) in [4.78, 5) is 17.2. The van der Waals surface area contributed by atoms with Crippen molar-refractivity contribution in [2.24, 2.45) is 10.9 Å². The van der Waals surface area contributed by atoms with Crippen LogP contribution in [-0.4, -0.2) is 28.0 Å². The fourth-order valence-corrected chi connectivity index (χ4v) is 4.39. The Morgan fingerprint density at radius 2 is 2.00 bits per heavy atom. The Bertz CT molecular complexity index is 632. The highest BCUT2D eigenvalue weighted by Gasteiger charge is 2.45. The van der Waals surface area contributed by atoms with E-state index in [1.807, 2.05) is 25.1 Å². The average Bonchev–Trinajstić information content (AvgIpc) is 2.90. The molecule has 0 bridgehead atoms. The zero-order valence-electron chi connectivity index (χ0n) is 15.3. The van der Waals surface area contributed by atoms with Gasteiger partial charge in [0.25, 0.3) is 0 Å². The van der Waals surface area contributed by atoms with E-state index in [2.05, 4.69) is 31.3 Å². The van der Waals surface area contributed by atoms with Crippen LogP contribution in [0.2, 0.25) is 0 Å². The number of nitrogens with zero attached hydrogens (tertiary/aromatic N) is 1. The van der Waals surface area contributed by atoms with Gasteiger partial charge in [-0.15, -0.1) is 0 Å². The first-order valence-corrected chi connectivity index (χ1v) is 10.0. The summed E-state index contributed by atoms with van der Waals surface area (Å²) in [6.45, 7) is 6.80. The van der Waals surface area contributed by atoms with Crippen molar-refractivity contribution in [3.8, 4) is 0 Å². The molecule has 1 aliphatic carbocycles. The maximum atomic E-state index is 12.3. The van der Waals surface area contributed by atoms with Crippen molar-refractivity contribution in [2.45, 2.75) is 70.0 Å². The predicted octanol–water partition coefficient (Wildman–Crippen LogP) is 4.15. The summed E-state index contributed by atoms with van der Waals surface area (Å²) < 4.78 is 5.77. The van der Waals surface area contributed by atoms with Crippen LogP contribution < -0.4 is 5.32 Å². The molecule has 2 fully saturated rings.